The molecule has 1 unspecified atom stereocenters. The SMILES string of the molecule is CSc1ncc(C(=O)NC(C)c2nncn2C2CCCC2)cn1. The molecule has 0 aliphatic heterocycles. The van der Waals surface area contributed by atoms with E-state index in [1.807, 2.05) is 13.2 Å². The number of hydrogen-bond donors (Lipinski definition) is 1. The molecule has 2 heterocycles. The summed E-state index contributed by atoms with van der Waals surface area (Å²) in [5.41, 5.74) is 0.446. The Morgan fingerprint density at radius 2 is 2.04 bits per heavy atom. The monoisotopic (exact) mass is 332 g/mol. The number of carbonyl (C=O) groups excluding carboxylic acids is 1. The second-order valence-electron chi connectivity index (χ2n) is 5.69. The molecule has 122 valence electrons. The third kappa shape index (κ3) is 3.52. The molecule has 0 aromatic carbocycles. The van der Waals surface area contributed by atoms with Gasteiger partial charge in [0.25, 0.3) is 5.91 Å². The molecule has 23 heavy (non-hydrogen) atoms. The van der Waals surface area contributed by atoms with E-state index in [2.05, 4.69) is 30.0 Å². The maximum atomic E-state index is 12.3. The van der Waals surface area contributed by atoms with Crippen molar-refractivity contribution in [1.82, 2.24) is 30.0 Å². The highest BCUT2D eigenvalue weighted by molar-refractivity contribution is 7.98. The van der Waals surface area contributed by atoms with E-state index in [9.17, 15) is 4.79 Å². The molecule has 1 aliphatic carbocycles. The zero-order valence-corrected chi connectivity index (χ0v) is 14.1. The molecule has 0 radical (unpaired) electrons. The van der Waals surface area contributed by atoms with Crippen LogP contribution in [0.3, 0.4) is 0 Å². The summed E-state index contributed by atoms with van der Waals surface area (Å²) < 4.78 is 2.10. The predicted molar refractivity (Wildman–Crippen MR) is 87.2 cm³/mol. The lowest BCUT2D eigenvalue weighted by Gasteiger charge is -2.18. The van der Waals surface area contributed by atoms with Gasteiger partial charge < -0.3 is 9.88 Å². The minimum Gasteiger partial charge on any atom is -0.342 e. The van der Waals surface area contributed by atoms with Crippen LogP contribution in [0.25, 0.3) is 0 Å². The molecule has 1 amide bonds. The Kier molecular flexibility index (Phi) is 4.90. The Morgan fingerprint density at radius 1 is 1.35 bits per heavy atom. The molecule has 7 nitrogen and oxygen atoms in total. The van der Waals surface area contributed by atoms with E-state index in [1.165, 1.54) is 24.6 Å². The number of rotatable bonds is 5. The summed E-state index contributed by atoms with van der Waals surface area (Å²) in [6.07, 6.45) is 11.5. The first-order valence-corrected chi connectivity index (χ1v) is 8.98. The van der Waals surface area contributed by atoms with Gasteiger partial charge in [-0.15, -0.1) is 10.2 Å². The van der Waals surface area contributed by atoms with Crippen LogP contribution in [0.2, 0.25) is 0 Å². The maximum absolute atomic E-state index is 12.3. The van der Waals surface area contributed by atoms with Crippen molar-refractivity contribution in [3.63, 3.8) is 0 Å². The van der Waals surface area contributed by atoms with Crippen LogP contribution in [0, 0.1) is 0 Å². The van der Waals surface area contributed by atoms with Gasteiger partial charge in [0.1, 0.15) is 6.33 Å². The van der Waals surface area contributed by atoms with Gasteiger partial charge in [-0.3, -0.25) is 4.79 Å². The van der Waals surface area contributed by atoms with Gasteiger partial charge >= 0.3 is 0 Å². The molecule has 1 N–H and O–H groups in total. The van der Waals surface area contributed by atoms with Crippen molar-refractivity contribution in [2.24, 2.45) is 0 Å². The molecule has 0 spiro atoms. The van der Waals surface area contributed by atoms with Gasteiger partial charge in [0.2, 0.25) is 0 Å². The Balaban J connectivity index is 1.69. The Labute approximate surface area is 139 Å². The molecule has 0 bridgehead atoms. The summed E-state index contributed by atoms with van der Waals surface area (Å²) in [6.45, 7) is 1.92. The van der Waals surface area contributed by atoms with Gasteiger partial charge in [-0.2, -0.15) is 0 Å². The van der Waals surface area contributed by atoms with Crippen LogP contribution < -0.4 is 5.32 Å². The zero-order chi connectivity index (χ0) is 16.2. The summed E-state index contributed by atoms with van der Waals surface area (Å²) >= 11 is 1.44. The zero-order valence-electron chi connectivity index (χ0n) is 13.3. The summed E-state index contributed by atoms with van der Waals surface area (Å²) in [7, 11) is 0. The van der Waals surface area contributed by atoms with E-state index < -0.39 is 0 Å². The van der Waals surface area contributed by atoms with Crippen molar-refractivity contribution < 1.29 is 4.79 Å². The van der Waals surface area contributed by atoms with Gasteiger partial charge in [-0.05, 0) is 26.0 Å². The van der Waals surface area contributed by atoms with E-state index in [0.717, 1.165) is 18.7 Å². The fourth-order valence-electron chi connectivity index (χ4n) is 2.91. The minimum absolute atomic E-state index is 0.203. The quantitative estimate of drug-likeness (QED) is 0.668. The van der Waals surface area contributed by atoms with Gasteiger partial charge in [-0.25, -0.2) is 9.97 Å². The summed E-state index contributed by atoms with van der Waals surface area (Å²) in [4.78, 5) is 20.6. The fraction of sp³-hybridized carbons (Fsp3) is 0.533. The van der Waals surface area contributed by atoms with Crippen molar-refractivity contribution in [3.8, 4) is 0 Å². The Hall–Kier alpha value is -1.96. The van der Waals surface area contributed by atoms with Gasteiger partial charge in [-0.1, -0.05) is 24.6 Å². The van der Waals surface area contributed by atoms with Crippen molar-refractivity contribution >= 4 is 17.7 Å². The molecule has 1 aliphatic rings. The van der Waals surface area contributed by atoms with Crippen LogP contribution in [-0.4, -0.2) is 36.9 Å². The summed E-state index contributed by atoms with van der Waals surface area (Å²) in [5.74, 6) is 0.595. The van der Waals surface area contributed by atoms with Gasteiger partial charge in [0.05, 0.1) is 11.6 Å². The highest BCUT2D eigenvalue weighted by atomic mass is 32.2. The van der Waals surface area contributed by atoms with E-state index in [-0.39, 0.29) is 11.9 Å². The lowest BCUT2D eigenvalue weighted by Crippen LogP contribution is -2.29. The summed E-state index contributed by atoms with van der Waals surface area (Å²) in [6, 6.07) is 0.231. The minimum atomic E-state index is -0.217. The molecule has 1 atom stereocenters. The Morgan fingerprint density at radius 3 is 2.70 bits per heavy atom. The second-order valence-corrected chi connectivity index (χ2v) is 6.46. The molecular weight excluding hydrogens is 312 g/mol. The van der Waals surface area contributed by atoms with Crippen LogP contribution in [-0.2, 0) is 0 Å². The number of thioether (sulfide) groups is 1. The number of nitrogens with zero attached hydrogens (tertiary/aromatic N) is 5. The number of amides is 1. The second kappa shape index (κ2) is 7.08. The molecule has 2 aromatic rings. The average Bonchev–Trinajstić information content (AvgIpc) is 3.25. The third-order valence-corrected chi connectivity index (χ3v) is 4.70. The molecule has 1 fully saturated rings. The van der Waals surface area contributed by atoms with Crippen LogP contribution in [0.15, 0.2) is 23.9 Å². The molecule has 3 rings (SSSR count). The number of aromatic nitrogens is 5. The maximum Gasteiger partial charge on any atom is 0.254 e. The third-order valence-electron chi connectivity index (χ3n) is 4.13. The molecule has 0 saturated heterocycles. The Bertz CT molecular complexity index is 665. The first kappa shape index (κ1) is 15.9. The smallest absolute Gasteiger partial charge is 0.254 e. The normalized spacial score (nSPS) is 16.4. The number of carbonyl (C=O) groups is 1. The molecule has 8 heteroatoms. The van der Waals surface area contributed by atoms with E-state index >= 15 is 0 Å². The lowest BCUT2D eigenvalue weighted by atomic mass is 10.2. The summed E-state index contributed by atoms with van der Waals surface area (Å²) in [5, 5.41) is 11.8. The van der Waals surface area contributed by atoms with Crippen molar-refractivity contribution in [3.05, 3.63) is 30.1 Å². The lowest BCUT2D eigenvalue weighted by molar-refractivity contribution is 0.0936. The van der Waals surface area contributed by atoms with Crippen molar-refractivity contribution in [2.45, 2.75) is 49.8 Å². The largest absolute Gasteiger partial charge is 0.342 e. The average molecular weight is 332 g/mol. The molecule has 2 aromatic heterocycles. The first-order valence-electron chi connectivity index (χ1n) is 7.75. The van der Waals surface area contributed by atoms with E-state index in [1.54, 1.807) is 18.7 Å². The van der Waals surface area contributed by atoms with Crippen LogP contribution in [0.1, 0.15) is 60.9 Å². The van der Waals surface area contributed by atoms with Crippen molar-refractivity contribution in [2.75, 3.05) is 6.26 Å². The number of hydrogen-bond acceptors (Lipinski definition) is 6. The number of nitrogens with one attached hydrogen (secondary N) is 1. The molecular formula is C15H20N6OS. The first-order chi connectivity index (χ1) is 11.2. The molecule has 1 saturated carbocycles. The van der Waals surface area contributed by atoms with Crippen LogP contribution in [0.5, 0.6) is 0 Å². The predicted octanol–water partition coefficient (Wildman–Crippen LogP) is 2.40. The van der Waals surface area contributed by atoms with E-state index in [4.69, 9.17) is 0 Å². The van der Waals surface area contributed by atoms with Crippen LogP contribution in [0.4, 0.5) is 0 Å². The topological polar surface area (TPSA) is 85.6 Å². The van der Waals surface area contributed by atoms with Gasteiger partial charge in [0.15, 0.2) is 11.0 Å². The van der Waals surface area contributed by atoms with Crippen molar-refractivity contribution in [1.29, 1.82) is 0 Å². The highest BCUT2D eigenvalue weighted by Crippen LogP contribution is 2.31. The standard InChI is InChI=1S/C15H20N6OS/c1-10(13-20-18-9-21(13)12-5-3-4-6-12)19-14(22)11-7-16-15(23-2)17-8-11/h7-10,12H,3-6H2,1-2H3,(H,19,22). The fourth-order valence-corrected chi connectivity index (χ4v) is 3.22. The van der Waals surface area contributed by atoms with Gasteiger partial charge in [0, 0.05) is 18.4 Å². The van der Waals surface area contributed by atoms with Crippen LogP contribution >= 0.6 is 11.8 Å². The van der Waals surface area contributed by atoms with E-state index in [0.29, 0.717) is 16.8 Å². The highest BCUT2D eigenvalue weighted by Gasteiger charge is 2.23.